The number of nitrogens with one attached hydrogen (secondary N) is 1. The molecule has 3 atom stereocenters. The fourth-order valence-corrected chi connectivity index (χ4v) is 5.29. The summed E-state index contributed by atoms with van der Waals surface area (Å²) in [6, 6.07) is 0. The highest BCUT2D eigenvalue weighted by molar-refractivity contribution is 4.98. The number of hydrogen-bond acceptors (Lipinski definition) is 1. The average Bonchev–Trinajstić information content (AvgIpc) is 2.83. The first-order chi connectivity index (χ1) is 8.30. The Labute approximate surface area is 107 Å². The minimum Gasteiger partial charge on any atom is -0.316 e. The Morgan fingerprint density at radius 3 is 2.59 bits per heavy atom. The average molecular weight is 235 g/mol. The van der Waals surface area contributed by atoms with Crippen LogP contribution in [0.5, 0.6) is 0 Å². The standard InChI is InChI=1S/C16H29N/c1-13-5-4-8-16(11-13)9-10-17-12-15(16)14-6-2-3-7-14/h13-15,17H,2-12H2,1H3. The highest BCUT2D eigenvalue weighted by atomic mass is 14.9. The van der Waals surface area contributed by atoms with Crippen LogP contribution < -0.4 is 5.32 Å². The lowest BCUT2D eigenvalue weighted by Crippen LogP contribution is -2.49. The molecule has 0 bridgehead atoms. The van der Waals surface area contributed by atoms with Gasteiger partial charge < -0.3 is 5.32 Å². The molecule has 1 spiro atoms. The van der Waals surface area contributed by atoms with Gasteiger partial charge in [-0.15, -0.1) is 0 Å². The summed E-state index contributed by atoms with van der Waals surface area (Å²) in [5.41, 5.74) is 0.748. The fourth-order valence-electron chi connectivity index (χ4n) is 5.29. The van der Waals surface area contributed by atoms with Crippen LogP contribution in [0.1, 0.15) is 64.7 Å². The quantitative estimate of drug-likeness (QED) is 0.725. The van der Waals surface area contributed by atoms with Gasteiger partial charge >= 0.3 is 0 Å². The van der Waals surface area contributed by atoms with E-state index in [1.54, 1.807) is 6.42 Å². The van der Waals surface area contributed by atoms with Gasteiger partial charge in [-0.05, 0) is 55.5 Å². The van der Waals surface area contributed by atoms with Crippen molar-refractivity contribution in [3.8, 4) is 0 Å². The van der Waals surface area contributed by atoms with Crippen LogP contribution in [0.4, 0.5) is 0 Å². The minimum absolute atomic E-state index is 0.748. The Bertz CT molecular complexity index is 252. The Balaban J connectivity index is 1.77. The normalized spacial score (nSPS) is 44.3. The van der Waals surface area contributed by atoms with E-state index < -0.39 is 0 Å². The van der Waals surface area contributed by atoms with Crippen LogP contribution in [0, 0.1) is 23.2 Å². The molecule has 2 aliphatic carbocycles. The summed E-state index contributed by atoms with van der Waals surface area (Å²) in [7, 11) is 0. The van der Waals surface area contributed by atoms with Crippen LogP contribution in [-0.4, -0.2) is 13.1 Å². The summed E-state index contributed by atoms with van der Waals surface area (Å²) < 4.78 is 0. The lowest BCUT2D eigenvalue weighted by atomic mass is 9.57. The van der Waals surface area contributed by atoms with Crippen molar-refractivity contribution in [3.05, 3.63) is 0 Å². The van der Waals surface area contributed by atoms with Crippen LogP contribution in [-0.2, 0) is 0 Å². The summed E-state index contributed by atoms with van der Waals surface area (Å²) >= 11 is 0. The molecule has 98 valence electrons. The monoisotopic (exact) mass is 235 g/mol. The SMILES string of the molecule is CC1CCCC2(CCNCC2C2CCCC2)C1. The van der Waals surface area contributed by atoms with Crippen molar-refractivity contribution in [3.63, 3.8) is 0 Å². The zero-order valence-corrected chi connectivity index (χ0v) is 11.5. The Hall–Kier alpha value is -0.0400. The topological polar surface area (TPSA) is 12.0 Å². The van der Waals surface area contributed by atoms with Gasteiger partial charge in [0.1, 0.15) is 0 Å². The van der Waals surface area contributed by atoms with Gasteiger partial charge in [0.2, 0.25) is 0 Å². The molecule has 0 aromatic rings. The largest absolute Gasteiger partial charge is 0.316 e. The molecule has 3 aliphatic rings. The molecular weight excluding hydrogens is 206 g/mol. The predicted molar refractivity (Wildman–Crippen MR) is 73.0 cm³/mol. The van der Waals surface area contributed by atoms with E-state index in [1.807, 2.05) is 0 Å². The fraction of sp³-hybridized carbons (Fsp3) is 1.00. The molecule has 17 heavy (non-hydrogen) atoms. The molecule has 0 aromatic heterocycles. The molecule has 3 fully saturated rings. The zero-order chi connectivity index (χ0) is 11.7. The highest BCUT2D eigenvalue weighted by Gasteiger charge is 2.46. The third-order valence-electron chi connectivity index (χ3n) is 6.05. The van der Waals surface area contributed by atoms with Crippen molar-refractivity contribution < 1.29 is 0 Å². The van der Waals surface area contributed by atoms with Gasteiger partial charge in [0, 0.05) is 0 Å². The molecule has 1 aliphatic heterocycles. The van der Waals surface area contributed by atoms with Gasteiger partial charge in [0.05, 0.1) is 0 Å². The third-order valence-corrected chi connectivity index (χ3v) is 6.05. The molecule has 2 saturated carbocycles. The van der Waals surface area contributed by atoms with E-state index >= 15 is 0 Å². The van der Waals surface area contributed by atoms with E-state index in [0.29, 0.717) is 0 Å². The molecule has 3 unspecified atom stereocenters. The Kier molecular flexibility index (Phi) is 3.47. The molecule has 1 heterocycles. The minimum atomic E-state index is 0.748. The second-order valence-corrected chi connectivity index (χ2v) is 7.17. The van der Waals surface area contributed by atoms with Crippen LogP contribution in [0.15, 0.2) is 0 Å². The maximum Gasteiger partial charge on any atom is -0.00125 e. The lowest BCUT2D eigenvalue weighted by Gasteiger charge is -2.51. The van der Waals surface area contributed by atoms with Crippen LogP contribution in [0.2, 0.25) is 0 Å². The van der Waals surface area contributed by atoms with Crippen molar-refractivity contribution in [2.45, 2.75) is 64.7 Å². The summed E-state index contributed by atoms with van der Waals surface area (Å²) in [5, 5.41) is 3.70. The molecular formula is C16H29N. The molecule has 1 heteroatoms. The van der Waals surface area contributed by atoms with Gasteiger partial charge in [-0.3, -0.25) is 0 Å². The first-order valence-corrected chi connectivity index (χ1v) is 8.01. The van der Waals surface area contributed by atoms with E-state index in [1.165, 1.54) is 64.5 Å². The van der Waals surface area contributed by atoms with Crippen molar-refractivity contribution in [2.75, 3.05) is 13.1 Å². The number of rotatable bonds is 1. The molecule has 0 amide bonds. The molecule has 1 N–H and O–H groups in total. The van der Waals surface area contributed by atoms with E-state index in [-0.39, 0.29) is 0 Å². The molecule has 3 rings (SSSR count). The van der Waals surface area contributed by atoms with E-state index in [0.717, 1.165) is 23.2 Å². The predicted octanol–water partition coefficient (Wildman–Crippen LogP) is 3.98. The van der Waals surface area contributed by atoms with Gasteiger partial charge in [-0.1, -0.05) is 45.4 Å². The van der Waals surface area contributed by atoms with Crippen molar-refractivity contribution >= 4 is 0 Å². The lowest BCUT2D eigenvalue weighted by molar-refractivity contribution is 0.00512. The van der Waals surface area contributed by atoms with Crippen molar-refractivity contribution in [2.24, 2.45) is 23.2 Å². The van der Waals surface area contributed by atoms with Gasteiger partial charge in [-0.25, -0.2) is 0 Å². The third kappa shape index (κ3) is 2.28. The van der Waals surface area contributed by atoms with E-state index in [4.69, 9.17) is 0 Å². The summed E-state index contributed by atoms with van der Waals surface area (Å²) in [4.78, 5) is 0. The summed E-state index contributed by atoms with van der Waals surface area (Å²) in [5.74, 6) is 3.07. The zero-order valence-electron chi connectivity index (χ0n) is 11.5. The molecule has 0 radical (unpaired) electrons. The number of hydrogen-bond donors (Lipinski definition) is 1. The first-order valence-electron chi connectivity index (χ1n) is 8.01. The van der Waals surface area contributed by atoms with Gasteiger partial charge in [0.25, 0.3) is 0 Å². The maximum atomic E-state index is 3.70. The number of piperidine rings is 1. The molecule has 1 nitrogen and oxygen atoms in total. The highest BCUT2D eigenvalue weighted by Crippen LogP contribution is 2.53. The van der Waals surface area contributed by atoms with Crippen LogP contribution in [0.25, 0.3) is 0 Å². The first kappa shape index (κ1) is 12.0. The smallest absolute Gasteiger partial charge is 0.00125 e. The molecule has 0 aromatic carbocycles. The van der Waals surface area contributed by atoms with Crippen LogP contribution >= 0.6 is 0 Å². The Morgan fingerprint density at radius 2 is 1.82 bits per heavy atom. The Morgan fingerprint density at radius 1 is 1.00 bits per heavy atom. The second kappa shape index (κ2) is 4.91. The van der Waals surface area contributed by atoms with E-state index in [9.17, 15) is 0 Å². The summed E-state index contributed by atoms with van der Waals surface area (Å²) in [6.45, 7) is 5.11. The molecule has 1 saturated heterocycles. The maximum absolute atomic E-state index is 3.70. The second-order valence-electron chi connectivity index (χ2n) is 7.17. The summed E-state index contributed by atoms with van der Waals surface area (Å²) in [6.07, 6.45) is 13.6. The van der Waals surface area contributed by atoms with Crippen molar-refractivity contribution in [1.82, 2.24) is 5.32 Å². The van der Waals surface area contributed by atoms with Gasteiger partial charge in [-0.2, -0.15) is 0 Å². The van der Waals surface area contributed by atoms with Crippen LogP contribution in [0.3, 0.4) is 0 Å². The van der Waals surface area contributed by atoms with E-state index in [2.05, 4.69) is 12.2 Å². The van der Waals surface area contributed by atoms with Gasteiger partial charge in [0.15, 0.2) is 0 Å². The van der Waals surface area contributed by atoms with Crippen molar-refractivity contribution in [1.29, 1.82) is 0 Å².